The molecular weight excluding hydrogens is 531 g/mol. The van der Waals surface area contributed by atoms with Crippen LogP contribution in [0.15, 0.2) is 35.3 Å². The second-order valence-electron chi connectivity index (χ2n) is 9.09. The Bertz CT molecular complexity index is 921. The van der Waals surface area contributed by atoms with Gasteiger partial charge in [-0.1, -0.05) is 30.3 Å². The Morgan fingerprint density at radius 1 is 1.18 bits per heavy atom. The first-order valence-electron chi connectivity index (χ1n) is 11.0. The first kappa shape index (κ1) is 28.7. The molecule has 2 unspecified atom stereocenters. The van der Waals surface area contributed by atoms with E-state index in [1.807, 2.05) is 69.8 Å². The van der Waals surface area contributed by atoms with E-state index >= 15 is 0 Å². The van der Waals surface area contributed by atoms with E-state index in [-0.39, 0.29) is 36.1 Å². The average molecular weight is 571 g/mol. The van der Waals surface area contributed by atoms with Gasteiger partial charge in [0.15, 0.2) is 5.96 Å². The number of ether oxygens (including phenoxy) is 1. The minimum absolute atomic E-state index is 0. The van der Waals surface area contributed by atoms with Crippen LogP contribution in [0, 0.1) is 13.8 Å². The molecule has 3 N–H and O–H groups in total. The van der Waals surface area contributed by atoms with E-state index in [2.05, 4.69) is 39.9 Å². The Kier molecular flexibility index (Phi) is 11.2. The number of guanidine groups is 1. The van der Waals surface area contributed by atoms with Crippen LogP contribution in [0.5, 0.6) is 0 Å². The number of hydrogen-bond donors (Lipinski definition) is 3. The number of nitrogens with one attached hydrogen (secondary N) is 3. The summed E-state index contributed by atoms with van der Waals surface area (Å²) in [5.41, 5.74) is 3.89. The first-order valence-corrected chi connectivity index (χ1v) is 11.0. The molecule has 0 aliphatic carbocycles. The van der Waals surface area contributed by atoms with Gasteiger partial charge in [-0.2, -0.15) is 5.10 Å². The molecule has 1 aromatic carbocycles. The van der Waals surface area contributed by atoms with Gasteiger partial charge >= 0.3 is 6.09 Å². The number of carbonyl (C=O) groups excluding carboxylic acids is 1. The van der Waals surface area contributed by atoms with Crippen LogP contribution in [-0.2, 0) is 18.2 Å². The van der Waals surface area contributed by atoms with E-state index in [0.29, 0.717) is 12.5 Å². The van der Waals surface area contributed by atoms with Crippen molar-refractivity contribution in [3.8, 4) is 0 Å². The van der Waals surface area contributed by atoms with Crippen LogP contribution in [0.1, 0.15) is 56.3 Å². The maximum atomic E-state index is 12.4. The normalized spacial score (nSPS) is 13.5. The number of hydrogen-bond acceptors (Lipinski definition) is 4. The highest BCUT2D eigenvalue weighted by atomic mass is 127. The predicted octanol–water partition coefficient (Wildman–Crippen LogP) is 4.02. The SMILES string of the molecule is CN=C(NCC(NC(=O)OC(C)(C)C)c1ccccc1)NC(C)Cc1c(C)nn(C)c1C.I. The Morgan fingerprint density at radius 3 is 2.33 bits per heavy atom. The smallest absolute Gasteiger partial charge is 0.408 e. The molecule has 0 aliphatic rings. The summed E-state index contributed by atoms with van der Waals surface area (Å²) >= 11 is 0. The molecule has 9 heteroatoms. The molecule has 1 amide bonds. The molecule has 2 rings (SSSR count). The second kappa shape index (κ2) is 12.8. The van der Waals surface area contributed by atoms with E-state index in [0.717, 1.165) is 17.7 Å². The summed E-state index contributed by atoms with van der Waals surface area (Å²) in [6.07, 6.45) is 0.386. The largest absolute Gasteiger partial charge is 0.444 e. The van der Waals surface area contributed by atoms with Crippen molar-refractivity contribution >= 4 is 36.0 Å². The van der Waals surface area contributed by atoms with Crippen LogP contribution in [0.25, 0.3) is 0 Å². The van der Waals surface area contributed by atoms with Gasteiger partial charge in [0.1, 0.15) is 5.60 Å². The molecule has 184 valence electrons. The number of rotatable bonds is 7. The number of aryl methyl sites for hydroxylation is 2. The van der Waals surface area contributed by atoms with Crippen molar-refractivity contribution in [3.63, 3.8) is 0 Å². The van der Waals surface area contributed by atoms with Crippen molar-refractivity contribution < 1.29 is 9.53 Å². The molecule has 0 bridgehead atoms. The van der Waals surface area contributed by atoms with Crippen molar-refractivity contribution in [1.82, 2.24) is 25.7 Å². The molecule has 33 heavy (non-hydrogen) atoms. The van der Waals surface area contributed by atoms with Gasteiger partial charge in [-0.3, -0.25) is 9.67 Å². The molecule has 2 atom stereocenters. The number of carbonyl (C=O) groups is 1. The maximum absolute atomic E-state index is 12.4. The van der Waals surface area contributed by atoms with Gasteiger partial charge in [0.25, 0.3) is 0 Å². The van der Waals surface area contributed by atoms with E-state index in [1.165, 1.54) is 11.3 Å². The highest BCUT2D eigenvalue weighted by molar-refractivity contribution is 14.0. The Hall–Kier alpha value is -2.30. The average Bonchev–Trinajstić information content (AvgIpc) is 2.95. The monoisotopic (exact) mass is 570 g/mol. The molecule has 0 radical (unpaired) electrons. The third-order valence-electron chi connectivity index (χ3n) is 5.14. The number of amides is 1. The van der Waals surface area contributed by atoms with Gasteiger partial charge in [-0.25, -0.2) is 4.79 Å². The van der Waals surface area contributed by atoms with Gasteiger partial charge < -0.3 is 20.7 Å². The van der Waals surface area contributed by atoms with E-state index in [4.69, 9.17) is 4.74 Å². The van der Waals surface area contributed by atoms with Gasteiger partial charge in [0, 0.05) is 32.4 Å². The molecule has 0 spiro atoms. The van der Waals surface area contributed by atoms with Gasteiger partial charge in [0.05, 0.1) is 11.7 Å². The zero-order valence-electron chi connectivity index (χ0n) is 21.0. The summed E-state index contributed by atoms with van der Waals surface area (Å²) < 4.78 is 7.36. The highest BCUT2D eigenvalue weighted by Gasteiger charge is 2.21. The lowest BCUT2D eigenvalue weighted by Crippen LogP contribution is -2.47. The van der Waals surface area contributed by atoms with Gasteiger partial charge in [-0.05, 0) is 59.1 Å². The molecular formula is C24H39IN6O2. The lowest BCUT2D eigenvalue weighted by molar-refractivity contribution is 0.0504. The fraction of sp³-hybridized carbons (Fsp3) is 0.542. The number of nitrogens with zero attached hydrogens (tertiary/aromatic N) is 3. The second-order valence-corrected chi connectivity index (χ2v) is 9.09. The zero-order valence-corrected chi connectivity index (χ0v) is 23.4. The summed E-state index contributed by atoms with van der Waals surface area (Å²) in [5.74, 6) is 0.670. The van der Waals surface area contributed by atoms with Crippen LogP contribution in [0.2, 0.25) is 0 Å². The van der Waals surface area contributed by atoms with Crippen LogP contribution >= 0.6 is 24.0 Å². The lowest BCUT2D eigenvalue weighted by atomic mass is 10.1. The summed E-state index contributed by atoms with van der Waals surface area (Å²) in [4.78, 5) is 16.7. The molecule has 2 aromatic rings. The molecule has 8 nitrogen and oxygen atoms in total. The zero-order chi connectivity index (χ0) is 23.9. The quantitative estimate of drug-likeness (QED) is 0.266. The summed E-state index contributed by atoms with van der Waals surface area (Å²) in [6.45, 7) is 12.2. The third-order valence-corrected chi connectivity index (χ3v) is 5.14. The highest BCUT2D eigenvalue weighted by Crippen LogP contribution is 2.15. The molecule has 0 saturated heterocycles. The summed E-state index contributed by atoms with van der Waals surface area (Å²) in [7, 11) is 3.70. The van der Waals surface area contributed by atoms with Crippen molar-refractivity contribution in [2.24, 2.45) is 12.0 Å². The topological polar surface area (TPSA) is 92.6 Å². The minimum atomic E-state index is -0.561. The van der Waals surface area contributed by atoms with Crippen LogP contribution < -0.4 is 16.0 Å². The van der Waals surface area contributed by atoms with E-state index in [1.54, 1.807) is 7.05 Å². The number of benzene rings is 1. The fourth-order valence-corrected chi connectivity index (χ4v) is 3.48. The number of aliphatic imine (C=N–C) groups is 1. The van der Waals surface area contributed by atoms with Gasteiger partial charge in [-0.15, -0.1) is 24.0 Å². The first-order chi connectivity index (χ1) is 15.0. The molecule has 1 aromatic heterocycles. The van der Waals surface area contributed by atoms with Crippen molar-refractivity contribution in [2.75, 3.05) is 13.6 Å². The summed E-state index contributed by atoms with van der Waals surface area (Å²) in [6, 6.07) is 9.69. The van der Waals surface area contributed by atoms with Crippen LogP contribution in [0.4, 0.5) is 4.79 Å². The Balaban J connectivity index is 0.00000544. The third kappa shape index (κ3) is 9.23. The Morgan fingerprint density at radius 2 is 1.82 bits per heavy atom. The van der Waals surface area contributed by atoms with Crippen LogP contribution in [-0.4, -0.2) is 47.1 Å². The van der Waals surface area contributed by atoms with E-state index < -0.39 is 11.7 Å². The Labute approximate surface area is 215 Å². The maximum Gasteiger partial charge on any atom is 0.408 e. The number of alkyl carbamates (subject to hydrolysis) is 1. The standard InChI is InChI=1S/C24H38N6O2.HI/c1-16(14-20-17(2)29-30(8)18(20)3)27-22(25-7)26-15-21(19-12-10-9-11-13-19)28-23(31)32-24(4,5)6;/h9-13,16,21H,14-15H2,1-8H3,(H,28,31)(H2,25,26,27);1H. The van der Waals surface area contributed by atoms with Gasteiger partial charge in [0.2, 0.25) is 0 Å². The number of aromatic nitrogens is 2. The molecule has 0 fully saturated rings. The van der Waals surface area contributed by atoms with Crippen molar-refractivity contribution in [3.05, 3.63) is 52.8 Å². The fourth-order valence-electron chi connectivity index (χ4n) is 3.48. The molecule has 1 heterocycles. The predicted molar refractivity (Wildman–Crippen MR) is 144 cm³/mol. The van der Waals surface area contributed by atoms with E-state index in [9.17, 15) is 4.79 Å². The van der Waals surface area contributed by atoms with Crippen LogP contribution in [0.3, 0.4) is 0 Å². The molecule has 0 aliphatic heterocycles. The van der Waals surface area contributed by atoms with Crippen molar-refractivity contribution in [2.45, 2.75) is 65.6 Å². The minimum Gasteiger partial charge on any atom is -0.444 e. The number of halogens is 1. The van der Waals surface area contributed by atoms with Crippen molar-refractivity contribution in [1.29, 1.82) is 0 Å². The molecule has 0 saturated carbocycles. The lowest BCUT2D eigenvalue weighted by Gasteiger charge is -2.25. The summed E-state index contributed by atoms with van der Waals surface area (Å²) in [5, 5.41) is 14.2.